The van der Waals surface area contributed by atoms with E-state index in [0.717, 1.165) is 48.2 Å². The van der Waals surface area contributed by atoms with Gasteiger partial charge in [-0.05, 0) is 91.0 Å². The summed E-state index contributed by atoms with van der Waals surface area (Å²) in [7, 11) is 4.65. The van der Waals surface area contributed by atoms with E-state index in [0.29, 0.717) is 29.1 Å². The largest absolute Gasteiger partial charge is 0.508 e. The first-order valence-electron chi connectivity index (χ1n) is 16.1. The quantitative estimate of drug-likeness (QED) is 0.0782. The van der Waals surface area contributed by atoms with Crippen LogP contribution in [0.15, 0.2) is 127 Å². The molecule has 0 saturated heterocycles. The first kappa shape index (κ1) is 44.4. The smallest absolute Gasteiger partial charge is 0.311 e. The van der Waals surface area contributed by atoms with E-state index in [1.165, 1.54) is 13.2 Å². The lowest BCUT2D eigenvalue weighted by Gasteiger charge is -2.07. The van der Waals surface area contributed by atoms with Crippen molar-refractivity contribution in [3.63, 3.8) is 0 Å². The van der Waals surface area contributed by atoms with Gasteiger partial charge in [-0.3, -0.25) is 30.3 Å². The Hall–Kier alpha value is -7.96. The van der Waals surface area contributed by atoms with Gasteiger partial charge in [0.25, 0.3) is 0 Å². The molecule has 0 fully saturated rings. The lowest BCUT2D eigenvalue weighted by Crippen LogP contribution is -1.94. The van der Waals surface area contributed by atoms with Crippen LogP contribution in [0.2, 0.25) is 0 Å². The molecule has 0 unspecified atom stereocenters. The van der Waals surface area contributed by atoms with E-state index in [9.17, 15) is 47.9 Å². The number of hydrogen-bond donors (Lipinski definition) is 1. The fourth-order valence-electron chi connectivity index (χ4n) is 4.18. The summed E-state index contributed by atoms with van der Waals surface area (Å²) in [5, 5.41) is 40.1. The predicted octanol–water partition coefficient (Wildman–Crippen LogP) is 10.3. The number of phenols is 1. The fraction of sp³-hybridized carbons (Fsp3) is 0.0769. The number of benzene rings is 6. The fourth-order valence-corrected chi connectivity index (χ4v) is 4.18. The van der Waals surface area contributed by atoms with Crippen LogP contribution in [-0.4, -0.2) is 41.2 Å². The lowest BCUT2D eigenvalue weighted by molar-refractivity contribution is -0.387. The maximum atomic E-state index is 13.4. The van der Waals surface area contributed by atoms with Crippen molar-refractivity contribution in [2.24, 2.45) is 0 Å². The van der Waals surface area contributed by atoms with Crippen LogP contribution < -0.4 is 23.7 Å². The average molecular weight is 810 g/mol. The van der Waals surface area contributed by atoms with Crippen molar-refractivity contribution >= 4 is 17.1 Å². The predicted molar refractivity (Wildman–Crippen MR) is 200 cm³/mol. The Balaban J connectivity index is 0.000000217. The van der Waals surface area contributed by atoms with Crippen molar-refractivity contribution in [2.75, 3.05) is 21.3 Å². The summed E-state index contributed by atoms with van der Waals surface area (Å²) >= 11 is 0. The van der Waals surface area contributed by atoms with Crippen molar-refractivity contribution in [1.82, 2.24) is 0 Å². The number of nitro groups is 3. The van der Waals surface area contributed by atoms with E-state index in [4.69, 9.17) is 28.8 Å². The van der Waals surface area contributed by atoms with E-state index in [-0.39, 0.29) is 22.9 Å². The topological polar surface area (TPSA) is 196 Å². The second kappa shape index (κ2) is 21.8. The number of rotatable bonds is 10. The molecule has 58 heavy (non-hydrogen) atoms. The van der Waals surface area contributed by atoms with Crippen LogP contribution in [0.5, 0.6) is 46.0 Å². The molecule has 0 heterocycles. The Labute approximate surface area is 326 Å². The molecule has 0 aliphatic heterocycles. The number of aromatic hydroxyl groups is 1. The molecule has 6 rings (SSSR count). The first-order valence-corrected chi connectivity index (χ1v) is 16.1. The molecular formula is C39H31F4N3O12. The zero-order valence-corrected chi connectivity index (χ0v) is 30.4. The highest BCUT2D eigenvalue weighted by molar-refractivity contribution is 5.49. The van der Waals surface area contributed by atoms with Gasteiger partial charge in [0.2, 0.25) is 17.4 Å². The van der Waals surface area contributed by atoms with Crippen LogP contribution in [-0.2, 0) is 0 Å². The van der Waals surface area contributed by atoms with Crippen LogP contribution in [0.1, 0.15) is 0 Å². The van der Waals surface area contributed by atoms with Gasteiger partial charge in [0.1, 0.15) is 51.9 Å². The van der Waals surface area contributed by atoms with Crippen LogP contribution in [0, 0.1) is 53.6 Å². The third-order valence-electron chi connectivity index (χ3n) is 7.00. The molecule has 0 aromatic heterocycles. The molecule has 1 N–H and O–H groups in total. The van der Waals surface area contributed by atoms with Gasteiger partial charge in [0.05, 0.1) is 36.1 Å². The van der Waals surface area contributed by atoms with Crippen molar-refractivity contribution in [2.45, 2.75) is 0 Å². The summed E-state index contributed by atoms with van der Waals surface area (Å²) < 4.78 is 76.6. The van der Waals surface area contributed by atoms with Gasteiger partial charge in [-0.2, -0.15) is 8.78 Å². The SMILES string of the molecule is COc1ccc(O)cc1.COc1ccc(Oc2cc(F)ccc2[N+](=O)[O-])cc1.COc1ccc(Oc2ccc([N+](=O)[O-])c(F)c2)cc1.O=[N+]([O-])c1ccc(F)cc1F. The minimum absolute atomic E-state index is 0.143. The molecular weight excluding hydrogens is 778 g/mol. The minimum Gasteiger partial charge on any atom is -0.508 e. The number of nitrogens with zero attached hydrogens (tertiary/aromatic N) is 3. The molecule has 15 nitrogen and oxygen atoms in total. The second-order valence-corrected chi connectivity index (χ2v) is 10.8. The van der Waals surface area contributed by atoms with Crippen LogP contribution >= 0.6 is 0 Å². The molecule has 6 aromatic carbocycles. The molecule has 0 aliphatic rings. The monoisotopic (exact) mass is 809 g/mol. The Morgan fingerprint density at radius 2 is 0.776 bits per heavy atom. The molecule has 0 radical (unpaired) electrons. The van der Waals surface area contributed by atoms with E-state index in [1.54, 1.807) is 87.0 Å². The highest BCUT2D eigenvalue weighted by Crippen LogP contribution is 2.33. The van der Waals surface area contributed by atoms with Crippen LogP contribution in [0.3, 0.4) is 0 Å². The summed E-state index contributed by atoms with van der Waals surface area (Å²) in [6, 6.07) is 28.2. The number of hydrogen-bond acceptors (Lipinski definition) is 12. The summed E-state index contributed by atoms with van der Waals surface area (Å²) in [6.45, 7) is 0. The highest BCUT2D eigenvalue weighted by Gasteiger charge is 2.17. The zero-order valence-electron chi connectivity index (χ0n) is 30.4. The number of methoxy groups -OCH3 is 3. The Morgan fingerprint density at radius 3 is 1.19 bits per heavy atom. The maximum Gasteiger partial charge on any atom is 0.311 e. The molecule has 302 valence electrons. The van der Waals surface area contributed by atoms with Crippen molar-refractivity contribution in [1.29, 1.82) is 0 Å². The second-order valence-electron chi connectivity index (χ2n) is 10.8. The van der Waals surface area contributed by atoms with Crippen molar-refractivity contribution in [3.8, 4) is 46.0 Å². The molecule has 0 spiro atoms. The molecule has 0 amide bonds. The van der Waals surface area contributed by atoms with Crippen molar-refractivity contribution in [3.05, 3.63) is 181 Å². The summed E-state index contributed by atoms with van der Waals surface area (Å²) in [6.07, 6.45) is 0. The van der Waals surface area contributed by atoms with Gasteiger partial charge in [0.15, 0.2) is 0 Å². The summed E-state index contributed by atoms with van der Waals surface area (Å²) in [5.41, 5.74) is -1.59. The lowest BCUT2D eigenvalue weighted by atomic mass is 10.3. The number of phenolic OH excluding ortho intramolecular Hbond substituents is 1. The van der Waals surface area contributed by atoms with Gasteiger partial charge < -0.3 is 28.8 Å². The third kappa shape index (κ3) is 14.0. The molecule has 0 atom stereocenters. The van der Waals surface area contributed by atoms with Gasteiger partial charge >= 0.3 is 17.1 Å². The third-order valence-corrected chi connectivity index (χ3v) is 7.00. The van der Waals surface area contributed by atoms with E-state index in [2.05, 4.69) is 0 Å². The zero-order chi connectivity index (χ0) is 42.8. The van der Waals surface area contributed by atoms with Crippen LogP contribution in [0.4, 0.5) is 34.6 Å². The highest BCUT2D eigenvalue weighted by atomic mass is 19.1. The minimum atomic E-state index is -1.16. The van der Waals surface area contributed by atoms with Crippen molar-refractivity contribution < 1.29 is 61.1 Å². The van der Waals surface area contributed by atoms with Gasteiger partial charge in [-0.25, -0.2) is 8.78 Å². The Bertz CT molecular complexity index is 2300. The number of nitro benzene ring substituents is 3. The molecule has 0 bridgehead atoms. The first-order chi connectivity index (χ1) is 27.6. The maximum absolute atomic E-state index is 13.4. The van der Waals surface area contributed by atoms with Crippen LogP contribution in [0.25, 0.3) is 0 Å². The van der Waals surface area contributed by atoms with E-state index < -0.39 is 49.4 Å². The summed E-state index contributed by atoms with van der Waals surface area (Å²) in [4.78, 5) is 28.9. The van der Waals surface area contributed by atoms with E-state index in [1.807, 2.05) is 0 Å². The molecule has 19 heteroatoms. The summed E-state index contributed by atoms with van der Waals surface area (Å²) in [5.74, 6) is -0.327. The van der Waals surface area contributed by atoms with E-state index >= 15 is 0 Å². The Morgan fingerprint density at radius 1 is 0.431 bits per heavy atom. The van der Waals surface area contributed by atoms with Gasteiger partial charge in [0, 0.05) is 36.4 Å². The normalized spacial score (nSPS) is 9.78. The molecule has 0 aliphatic carbocycles. The Kier molecular flexibility index (Phi) is 16.7. The molecule has 6 aromatic rings. The number of halogens is 4. The standard InChI is InChI=1S/2C13H10FNO4.C7H8O2.C6H3F2NO2/c1-18-10-3-5-11(6-4-10)19-13-8-9(14)2-7-12(13)15(16)17;1-18-9-2-4-10(5-3-9)19-11-6-7-13(15(16)17)12(14)8-11;1-9-7-4-2-6(8)3-5-7;7-4-1-2-6(9(10)11)5(8)3-4/h2*2-8H,1H3;2-5,8H,1H3;1-3H. The van der Waals surface area contributed by atoms with Gasteiger partial charge in [-0.15, -0.1) is 0 Å². The average Bonchev–Trinajstić information content (AvgIpc) is 3.19. The number of ether oxygens (including phenoxy) is 5. The molecule has 0 saturated carbocycles. The van der Waals surface area contributed by atoms with Gasteiger partial charge in [-0.1, -0.05) is 0 Å².